The predicted octanol–water partition coefficient (Wildman–Crippen LogP) is 1.88. The molecule has 0 aromatic heterocycles. The summed E-state index contributed by atoms with van der Waals surface area (Å²) in [6.07, 6.45) is 5.43. The first-order valence-corrected chi connectivity index (χ1v) is 7.75. The molecule has 1 heterocycles. The standard InChI is InChI=1S/C17H22N2O2/c18-16(21)15-17(10-5-11-17)12-19(15)14(20)9-4-8-13-6-2-1-3-7-13/h1-3,6-7,15H,4-5,8-12H2,(H2,18,21). The van der Waals surface area contributed by atoms with Gasteiger partial charge in [-0.3, -0.25) is 9.59 Å². The van der Waals surface area contributed by atoms with Crippen molar-refractivity contribution in [2.45, 2.75) is 44.6 Å². The molecular formula is C17H22N2O2. The van der Waals surface area contributed by atoms with Gasteiger partial charge in [0, 0.05) is 18.4 Å². The molecule has 112 valence electrons. The van der Waals surface area contributed by atoms with Crippen molar-refractivity contribution in [3.8, 4) is 0 Å². The molecule has 1 aromatic carbocycles. The van der Waals surface area contributed by atoms with E-state index in [1.807, 2.05) is 18.2 Å². The monoisotopic (exact) mass is 286 g/mol. The first-order chi connectivity index (χ1) is 10.1. The number of primary amides is 1. The molecule has 4 heteroatoms. The number of rotatable bonds is 5. The fourth-order valence-corrected chi connectivity index (χ4v) is 3.72. The van der Waals surface area contributed by atoms with E-state index in [0.29, 0.717) is 6.42 Å². The first-order valence-electron chi connectivity index (χ1n) is 7.75. The van der Waals surface area contributed by atoms with Crippen LogP contribution in [0.25, 0.3) is 0 Å². The summed E-state index contributed by atoms with van der Waals surface area (Å²) in [5.74, 6) is -0.260. The fraction of sp³-hybridized carbons (Fsp3) is 0.529. The second-order valence-corrected chi connectivity index (χ2v) is 6.38. The summed E-state index contributed by atoms with van der Waals surface area (Å²) >= 11 is 0. The second-order valence-electron chi connectivity index (χ2n) is 6.38. The van der Waals surface area contributed by atoms with Crippen LogP contribution >= 0.6 is 0 Å². The highest BCUT2D eigenvalue weighted by atomic mass is 16.2. The normalized spacial score (nSPS) is 22.5. The quantitative estimate of drug-likeness (QED) is 0.898. The third kappa shape index (κ3) is 2.55. The van der Waals surface area contributed by atoms with E-state index < -0.39 is 0 Å². The Morgan fingerprint density at radius 1 is 1.24 bits per heavy atom. The number of likely N-dealkylation sites (tertiary alicyclic amines) is 1. The van der Waals surface area contributed by atoms with Crippen LogP contribution in [0.5, 0.6) is 0 Å². The van der Waals surface area contributed by atoms with Gasteiger partial charge < -0.3 is 10.6 Å². The Hall–Kier alpha value is -1.84. The molecule has 21 heavy (non-hydrogen) atoms. The lowest BCUT2D eigenvalue weighted by atomic mass is 9.57. The summed E-state index contributed by atoms with van der Waals surface area (Å²) in [7, 11) is 0. The molecule has 2 N–H and O–H groups in total. The molecule has 1 aliphatic heterocycles. The fourth-order valence-electron chi connectivity index (χ4n) is 3.72. The lowest BCUT2D eigenvalue weighted by molar-refractivity contribution is -0.174. The highest BCUT2D eigenvalue weighted by Crippen LogP contribution is 2.53. The topological polar surface area (TPSA) is 63.4 Å². The molecule has 3 rings (SSSR count). The van der Waals surface area contributed by atoms with Gasteiger partial charge in [-0.15, -0.1) is 0 Å². The highest BCUT2D eigenvalue weighted by molar-refractivity contribution is 5.89. The van der Waals surface area contributed by atoms with Crippen LogP contribution < -0.4 is 5.73 Å². The van der Waals surface area contributed by atoms with Gasteiger partial charge in [0.1, 0.15) is 6.04 Å². The van der Waals surface area contributed by atoms with Crippen LogP contribution in [-0.2, 0) is 16.0 Å². The minimum Gasteiger partial charge on any atom is -0.368 e. The van der Waals surface area contributed by atoms with Gasteiger partial charge in [-0.2, -0.15) is 0 Å². The Kier molecular flexibility index (Phi) is 3.70. The molecule has 1 atom stereocenters. The number of aryl methyl sites for hydroxylation is 1. The molecule has 1 saturated carbocycles. The number of carbonyl (C=O) groups excluding carboxylic acids is 2. The summed E-state index contributed by atoms with van der Waals surface area (Å²) in [5, 5.41) is 0. The molecule has 0 radical (unpaired) electrons. The van der Waals surface area contributed by atoms with Gasteiger partial charge in [-0.1, -0.05) is 36.8 Å². The van der Waals surface area contributed by atoms with E-state index in [1.165, 1.54) is 5.56 Å². The molecule has 1 spiro atoms. The molecule has 1 aliphatic carbocycles. The van der Waals surface area contributed by atoms with Gasteiger partial charge in [-0.05, 0) is 31.2 Å². The maximum Gasteiger partial charge on any atom is 0.240 e. The molecule has 0 bridgehead atoms. The van der Waals surface area contributed by atoms with Crippen LogP contribution in [0, 0.1) is 5.41 Å². The predicted molar refractivity (Wildman–Crippen MR) is 80.4 cm³/mol. The summed E-state index contributed by atoms with van der Waals surface area (Å²) < 4.78 is 0. The zero-order chi connectivity index (χ0) is 14.9. The third-order valence-electron chi connectivity index (χ3n) is 5.02. The summed E-state index contributed by atoms with van der Waals surface area (Å²) in [6, 6.07) is 9.81. The third-order valence-corrected chi connectivity index (χ3v) is 5.02. The van der Waals surface area contributed by atoms with Gasteiger partial charge >= 0.3 is 0 Å². The Bertz CT molecular complexity index is 537. The molecular weight excluding hydrogens is 264 g/mol. The Morgan fingerprint density at radius 3 is 2.52 bits per heavy atom. The van der Waals surface area contributed by atoms with Crippen LogP contribution in [-0.4, -0.2) is 29.3 Å². The van der Waals surface area contributed by atoms with Crippen molar-refractivity contribution in [1.82, 2.24) is 4.90 Å². The average Bonchev–Trinajstić information content (AvgIpc) is 2.36. The second kappa shape index (κ2) is 5.51. The van der Waals surface area contributed by atoms with Crippen LogP contribution in [0.2, 0.25) is 0 Å². The van der Waals surface area contributed by atoms with Crippen molar-refractivity contribution in [2.75, 3.05) is 6.54 Å². The summed E-state index contributed by atoms with van der Waals surface area (Å²) in [6.45, 7) is 0.727. The lowest BCUT2D eigenvalue weighted by Gasteiger charge is -2.60. The smallest absolute Gasteiger partial charge is 0.240 e. The van der Waals surface area contributed by atoms with Crippen LogP contribution in [0.1, 0.15) is 37.7 Å². The number of amides is 2. The number of nitrogens with zero attached hydrogens (tertiary/aromatic N) is 1. The van der Waals surface area contributed by atoms with Gasteiger partial charge in [0.2, 0.25) is 11.8 Å². The number of carbonyl (C=O) groups is 2. The van der Waals surface area contributed by atoms with Gasteiger partial charge in [0.15, 0.2) is 0 Å². The van der Waals surface area contributed by atoms with E-state index in [1.54, 1.807) is 4.90 Å². The minimum atomic E-state index is -0.351. The average molecular weight is 286 g/mol. The SMILES string of the molecule is NC(=O)C1N(C(=O)CCCc2ccccc2)CC12CCC2. The Balaban J connectivity index is 1.51. The molecule has 1 saturated heterocycles. The zero-order valence-electron chi connectivity index (χ0n) is 12.3. The molecule has 2 aliphatic rings. The van der Waals surface area contributed by atoms with Crippen molar-refractivity contribution in [1.29, 1.82) is 0 Å². The van der Waals surface area contributed by atoms with E-state index in [-0.39, 0.29) is 23.3 Å². The number of hydrogen-bond acceptors (Lipinski definition) is 2. The van der Waals surface area contributed by atoms with Crippen molar-refractivity contribution in [3.05, 3.63) is 35.9 Å². The maximum atomic E-state index is 12.3. The van der Waals surface area contributed by atoms with Crippen molar-refractivity contribution in [3.63, 3.8) is 0 Å². The van der Waals surface area contributed by atoms with Gasteiger partial charge in [-0.25, -0.2) is 0 Å². The van der Waals surface area contributed by atoms with Crippen LogP contribution in [0.15, 0.2) is 30.3 Å². The number of hydrogen-bond donors (Lipinski definition) is 1. The number of benzene rings is 1. The largest absolute Gasteiger partial charge is 0.368 e. The van der Waals surface area contributed by atoms with E-state index in [2.05, 4.69) is 12.1 Å². The van der Waals surface area contributed by atoms with E-state index in [0.717, 1.165) is 38.6 Å². The van der Waals surface area contributed by atoms with Crippen molar-refractivity contribution >= 4 is 11.8 Å². The van der Waals surface area contributed by atoms with Crippen molar-refractivity contribution in [2.24, 2.45) is 11.1 Å². The molecule has 1 aromatic rings. The molecule has 4 nitrogen and oxygen atoms in total. The molecule has 1 unspecified atom stereocenters. The Labute approximate surface area is 125 Å². The molecule has 2 fully saturated rings. The van der Waals surface area contributed by atoms with Crippen molar-refractivity contribution < 1.29 is 9.59 Å². The highest BCUT2D eigenvalue weighted by Gasteiger charge is 2.59. The van der Waals surface area contributed by atoms with Crippen LogP contribution in [0.3, 0.4) is 0 Å². The van der Waals surface area contributed by atoms with E-state index >= 15 is 0 Å². The zero-order valence-corrected chi connectivity index (χ0v) is 12.3. The van der Waals surface area contributed by atoms with E-state index in [4.69, 9.17) is 5.73 Å². The van der Waals surface area contributed by atoms with Gasteiger partial charge in [0.05, 0.1) is 0 Å². The molecule has 2 amide bonds. The first kappa shape index (κ1) is 14.1. The van der Waals surface area contributed by atoms with E-state index in [9.17, 15) is 9.59 Å². The summed E-state index contributed by atoms with van der Waals surface area (Å²) in [4.78, 5) is 25.6. The lowest BCUT2D eigenvalue weighted by Crippen LogP contribution is -2.72. The maximum absolute atomic E-state index is 12.3. The minimum absolute atomic E-state index is 0.0287. The van der Waals surface area contributed by atoms with Gasteiger partial charge in [0.25, 0.3) is 0 Å². The Morgan fingerprint density at radius 2 is 1.95 bits per heavy atom. The summed E-state index contributed by atoms with van der Waals surface area (Å²) in [5.41, 5.74) is 6.77. The number of nitrogens with two attached hydrogens (primary N) is 1. The van der Waals surface area contributed by atoms with Crippen LogP contribution in [0.4, 0.5) is 0 Å².